The minimum Gasteiger partial charge on any atom is -0.496 e. The number of aromatic nitrogens is 2. The minimum absolute atomic E-state index is 0.0945. The molecule has 2 aromatic carbocycles. The van der Waals surface area contributed by atoms with Crippen molar-refractivity contribution in [3.63, 3.8) is 0 Å². The molecular weight excluding hydrogens is 401 g/mol. The van der Waals surface area contributed by atoms with Crippen molar-refractivity contribution in [1.29, 1.82) is 0 Å². The number of carbonyl (C=O) groups is 1. The molecule has 0 aliphatic rings. The van der Waals surface area contributed by atoms with Gasteiger partial charge < -0.3 is 4.74 Å². The molecule has 4 rings (SSSR count). The molecule has 0 atom stereocenters. The number of amides is 1. The third kappa shape index (κ3) is 4.31. The van der Waals surface area contributed by atoms with Crippen LogP contribution in [0.4, 0.5) is 9.52 Å². The number of pyridine rings is 1. The summed E-state index contributed by atoms with van der Waals surface area (Å²) in [6.07, 6.45) is 3.64. The Labute approximate surface area is 177 Å². The summed E-state index contributed by atoms with van der Waals surface area (Å²) < 4.78 is 19.6. The highest BCUT2D eigenvalue weighted by molar-refractivity contribution is 7.22. The molecule has 5 nitrogen and oxygen atoms in total. The number of hydrogen-bond acceptors (Lipinski definition) is 5. The molecule has 0 saturated heterocycles. The molecule has 0 N–H and O–H groups in total. The summed E-state index contributed by atoms with van der Waals surface area (Å²) in [5, 5.41) is 0.537. The van der Waals surface area contributed by atoms with Crippen LogP contribution in [0.1, 0.15) is 16.7 Å². The van der Waals surface area contributed by atoms with Crippen molar-refractivity contribution < 1.29 is 13.9 Å². The molecule has 0 bridgehead atoms. The monoisotopic (exact) mass is 421 g/mol. The smallest absolute Gasteiger partial charge is 0.233 e. The van der Waals surface area contributed by atoms with E-state index in [1.165, 1.54) is 23.5 Å². The van der Waals surface area contributed by atoms with E-state index in [0.29, 0.717) is 21.9 Å². The van der Waals surface area contributed by atoms with E-state index in [0.717, 1.165) is 22.4 Å². The number of thiazole rings is 1. The van der Waals surface area contributed by atoms with Gasteiger partial charge in [0, 0.05) is 12.4 Å². The first-order chi connectivity index (χ1) is 14.5. The number of rotatable bonds is 6. The maximum Gasteiger partial charge on any atom is 0.233 e. The topological polar surface area (TPSA) is 55.3 Å². The summed E-state index contributed by atoms with van der Waals surface area (Å²) in [5.74, 6) is 0.367. The largest absolute Gasteiger partial charge is 0.496 e. The number of halogens is 1. The molecule has 0 aliphatic heterocycles. The highest BCUT2D eigenvalue weighted by Crippen LogP contribution is 2.31. The van der Waals surface area contributed by atoms with E-state index in [4.69, 9.17) is 4.74 Å². The number of carbonyl (C=O) groups excluding carboxylic acids is 1. The van der Waals surface area contributed by atoms with Crippen LogP contribution in [0.15, 0.2) is 60.9 Å². The number of anilines is 1. The molecule has 0 aliphatic carbocycles. The van der Waals surface area contributed by atoms with Crippen molar-refractivity contribution in [3.05, 3.63) is 83.4 Å². The zero-order valence-corrected chi connectivity index (χ0v) is 17.4. The first-order valence-electron chi connectivity index (χ1n) is 9.42. The van der Waals surface area contributed by atoms with E-state index in [1.54, 1.807) is 30.5 Å². The van der Waals surface area contributed by atoms with E-state index in [1.807, 2.05) is 37.3 Å². The van der Waals surface area contributed by atoms with Crippen LogP contribution in [0, 0.1) is 12.7 Å². The van der Waals surface area contributed by atoms with Crippen LogP contribution in [0.25, 0.3) is 10.2 Å². The van der Waals surface area contributed by atoms with Crippen LogP contribution in [0.5, 0.6) is 5.75 Å². The summed E-state index contributed by atoms with van der Waals surface area (Å²) in [7, 11) is 1.62. The molecule has 0 spiro atoms. The molecule has 0 radical (unpaired) electrons. The molecule has 0 fully saturated rings. The Bertz CT molecular complexity index is 1190. The predicted molar refractivity (Wildman–Crippen MR) is 116 cm³/mol. The lowest BCUT2D eigenvalue weighted by Gasteiger charge is -2.20. The normalized spacial score (nSPS) is 10.9. The van der Waals surface area contributed by atoms with Gasteiger partial charge in [0.25, 0.3) is 0 Å². The van der Waals surface area contributed by atoms with E-state index in [2.05, 4.69) is 9.97 Å². The molecule has 4 aromatic rings. The van der Waals surface area contributed by atoms with Crippen molar-refractivity contribution in [3.8, 4) is 5.75 Å². The number of hydrogen-bond donors (Lipinski definition) is 0. The minimum atomic E-state index is -0.323. The van der Waals surface area contributed by atoms with E-state index < -0.39 is 0 Å². The SMILES string of the molecule is COc1ccc(CC(=O)N(Cc2cccnc2)c2nc3ccc(F)cc3s2)cc1C. The number of ether oxygens (including phenoxy) is 1. The second-order valence-electron chi connectivity index (χ2n) is 6.93. The zero-order chi connectivity index (χ0) is 21.1. The van der Waals surface area contributed by atoms with Crippen LogP contribution in [0.3, 0.4) is 0 Å². The Hall–Kier alpha value is -3.32. The van der Waals surface area contributed by atoms with Gasteiger partial charge in [0.2, 0.25) is 5.91 Å². The average molecular weight is 421 g/mol. The summed E-state index contributed by atoms with van der Waals surface area (Å²) in [4.78, 5) is 23.6. The fourth-order valence-corrected chi connectivity index (χ4v) is 4.27. The fourth-order valence-electron chi connectivity index (χ4n) is 3.26. The highest BCUT2D eigenvalue weighted by Gasteiger charge is 2.21. The van der Waals surface area contributed by atoms with Crippen LogP contribution >= 0.6 is 11.3 Å². The number of methoxy groups -OCH3 is 1. The average Bonchev–Trinajstić information content (AvgIpc) is 3.15. The quantitative estimate of drug-likeness (QED) is 0.443. The molecule has 0 saturated carbocycles. The van der Waals surface area contributed by atoms with Crippen molar-refractivity contribution in [2.75, 3.05) is 12.0 Å². The number of fused-ring (bicyclic) bond motifs is 1. The van der Waals surface area contributed by atoms with Gasteiger partial charge in [0.15, 0.2) is 5.13 Å². The number of nitrogens with zero attached hydrogens (tertiary/aromatic N) is 3. The van der Waals surface area contributed by atoms with Gasteiger partial charge in [-0.25, -0.2) is 9.37 Å². The van der Waals surface area contributed by atoms with Gasteiger partial charge in [-0.3, -0.25) is 14.7 Å². The van der Waals surface area contributed by atoms with E-state index in [9.17, 15) is 9.18 Å². The first kappa shape index (κ1) is 20.0. The van der Waals surface area contributed by atoms with Crippen LogP contribution in [-0.2, 0) is 17.8 Å². The van der Waals surface area contributed by atoms with Gasteiger partial charge in [-0.15, -0.1) is 0 Å². The van der Waals surface area contributed by atoms with Crippen molar-refractivity contribution in [2.45, 2.75) is 19.9 Å². The Kier molecular flexibility index (Phi) is 5.72. The fraction of sp³-hybridized carbons (Fsp3) is 0.174. The van der Waals surface area contributed by atoms with E-state index >= 15 is 0 Å². The van der Waals surface area contributed by atoms with Gasteiger partial charge in [-0.05, 0) is 53.9 Å². The first-order valence-corrected chi connectivity index (χ1v) is 10.2. The maximum absolute atomic E-state index is 13.6. The number of aryl methyl sites for hydroxylation is 1. The van der Waals surface area contributed by atoms with E-state index in [-0.39, 0.29) is 18.1 Å². The lowest BCUT2D eigenvalue weighted by atomic mass is 10.1. The van der Waals surface area contributed by atoms with Crippen molar-refractivity contribution >= 4 is 32.6 Å². The molecule has 7 heteroatoms. The van der Waals surface area contributed by atoms with Crippen molar-refractivity contribution in [1.82, 2.24) is 9.97 Å². The molecule has 0 unspecified atom stereocenters. The lowest BCUT2D eigenvalue weighted by molar-refractivity contribution is -0.118. The second-order valence-corrected chi connectivity index (χ2v) is 7.94. The molecule has 2 heterocycles. The van der Waals surface area contributed by atoms with Crippen LogP contribution < -0.4 is 9.64 Å². The standard InChI is InChI=1S/C23H20FN3O2S/c1-15-10-16(5-8-20(15)29-2)11-22(28)27(14-17-4-3-9-25-13-17)23-26-19-7-6-18(24)12-21(19)30-23/h3-10,12-13H,11,14H2,1-2H3. The summed E-state index contributed by atoms with van der Waals surface area (Å²) in [6, 6.07) is 13.9. The Morgan fingerprint density at radius 2 is 2.03 bits per heavy atom. The summed E-state index contributed by atoms with van der Waals surface area (Å²) >= 11 is 1.30. The predicted octanol–water partition coefficient (Wildman–Crippen LogP) is 4.92. The molecule has 1 amide bonds. The van der Waals surface area contributed by atoms with Gasteiger partial charge in [0.05, 0.1) is 30.3 Å². The highest BCUT2D eigenvalue weighted by atomic mass is 32.1. The van der Waals surface area contributed by atoms with Gasteiger partial charge in [-0.2, -0.15) is 0 Å². The zero-order valence-electron chi connectivity index (χ0n) is 16.6. The lowest BCUT2D eigenvalue weighted by Crippen LogP contribution is -2.31. The van der Waals surface area contributed by atoms with Crippen LogP contribution in [0.2, 0.25) is 0 Å². The maximum atomic E-state index is 13.6. The Balaban J connectivity index is 1.66. The summed E-state index contributed by atoms with van der Waals surface area (Å²) in [5.41, 5.74) is 3.42. The molecule has 30 heavy (non-hydrogen) atoms. The van der Waals surface area contributed by atoms with Gasteiger partial charge in [-0.1, -0.05) is 29.5 Å². The van der Waals surface area contributed by atoms with Gasteiger partial charge in [0.1, 0.15) is 11.6 Å². The van der Waals surface area contributed by atoms with Crippen LogP contribution in [-0.4, -0.2) is 23.0 Å². The third-order valence-electron chi connectivity index (χ3n) is 4.75. The molecule has 152 valence electrons. The molecular formula is C23H20FN3O2S. The second kappa shape index (κ2) is 8.59. The summed E-state index contributed by atoms with van der Waals surface area (Å²) in [6.45, 7) is 2.28. The molecule has 2 aromatic heterocycles. The number of benzene rings is 2. The Morgan fingerprint density at radius 1 is 1.17 bits per heavy atom. The third-order valence-corrected chi connectivity index (χ3v) is 5.79. The Morgan fingerprint density at radius 3 is 2.77 bits per heavy atom. The van der Waals surface area contributed by atoms with Crippen molar-refractivity contribution in [2.24, 2.45) is 0 Å². The van der Waals surface area contributed by atoms with Gasteiger partial charge >= 0.3 is 0 Å².